The number of carboxylic acids is 1. The third-order valence-corrected chi connectivity index (χ3v) is 3.38. The number of aliphatic carboxylic acids is 1. The van der Waals surface area contributed by atoms with Crippen LogP contribution in [0, 0.1) is 0 Å². The fourth-order valence-corrected chi connectivity index (χ4v) is 2.57. The summed E-state index contributed by atoms with van der Waals surface area (Å²) in [5.41, 5.74) is 0.431. The van der Waals surface area contributed by atoms with Crippen molar-refractivity contribution >= 4 is 43.6 Å². The fourth-order valence-electron chi connectivity index (χ4n) is 1.35. The number of hydrogen-bond acceptors (Lipinski definition) is 4. The van der Waals surface area contributed by atoms with Crippen LogP contribution in [0.15, 0.2) is 21.1 Å². The first-order chi connectivity index (χ1) is 8.32. The van der Waals surface area contributed by atoms with Gasteiger partial charge in [0, 0.05) is 0 Å². The van der Waals surface area contributed by atoms with Gasteiger partial charge in [-0.05, 0) is 56.5 Å². The molecule has 7 heteroatoms. The smallest absolute Gasteiger partial charge is 0.325 e. The van der Waals surface area contributed by atoms with Crippen molar-refractivity contribution in [3.8, 4) is 5.75 Å². The summed E-state index contributed by atoms with van der Waals surface area (Å²) in [7, 11) is 0. The molecule has 0 radical (unpaired) electrons. The van der Waals surface area contributed by atoms with E-state index in [0.717, 1.165) is 0 Å². The molecule has 0 saturated heterocycles. The monoisotopic (exact) mass is 379 g/mol. The predicted molar refractivity (Wildman–Crippen MR) is 72.6 cm³/mol. The van der Waals surface area contributed by atoms with Crippen LogP contribution in [0.4, 0.5) is 0 Å². The molecule has 0 heterocycles. The van der Waals surface area contributed by atoms with Crippen molar-refractivity contribution in [2.24, 2.45) is 0 Å². The van der Waals surface area contributed by atoms with Gasteiger partial charge in [-0.1, -0.05) is 0 Å². The van der Waals surface area contributed by atoms with Gasteiger partial charge in [0.2, 0.25) is 0 Å². The molecule has 0 saturated carbocycles. The number of carbonyl (C=O) groups excluding carboxylic acids is 1. The Morgan fingerprint density at radius 2 is 1.83 bits per heavy atom. The minimum absolute atomic E-state index is 0.00513. The molecule has 0 aliphatic carbocycles. The first kappa shape index (κ1) is 15.1. The molecule has 1 aromatic rings. The lowest BCUT2D eigenvalue weighted by Crippen LogP contribution is -2.32. The average molecular weight is 381 g/mol. The maximum absolute atomic E-state index is 11.2. The lowest BCUT2D eigenvalue weighted by Gasteiger charge is -2.15. The second-order valence-electron chi connectivity index (χ2n) is 3.69. The zero-order valence-electron chi connectivity index (χ0n) is 9.41. The Labute approximate surface area is 120 Å². The molecule has 18 heavy (non-hydrogen) atoms. The van der Waals surface area contributed by atoms with Gasteiger partial charge in [0.15, 0.2) is 0 Å². The molecule has 98 valence electrons. The van der Waals surface area contributed by atoms with Gasteiger partial charge >= 0.3 is 5.97 Å². The van der Waals surface area contributed by atoms with E-state index < -0.39 is 12.0 Å². The van der Waals surface area contributed by atoms with Crippen LogP contribution >= 0.6 is 31.9 Å². The standard InChI is InChI=1S/C11H11Br2NO4/c1-5(15)4-14-9(11(17)18)6-2-7(12)10(16)8(13)3-6/h2-3,9,14,16H,4H2,1H3,(H,17,18). The van der Waals surface area contributed by atoms with Gasteiger partial charge < -0.3 is 10.2 Å². The third kappa shape index (κ3) is 3.79. The predicted octanol–water partition coefficient (Wildman–Crippen LogP) is 2.22. The molecule has 0 aliphatic rings. The summed E-state index contributed by atoms with van der Waals surface area (Å²) in [5.74, 6) is -1.26. The highest BCUT2D eigenvalue weighted by Crippen LogP contribution is 2.35. The summed E-state index contributed by atoms with van der Waals surface area (Å²) in [4.78, 5) is 22.0. The Hall–Kier alpha value is -0.920. The number of ketones is 1. The zero-order chi connectivity index (χ0) is 13.9. The van der Waals surface area contributed by atoms with Crippen molar-refractivity contribution in [3.63, 3.8) is 0 Å². The number of benzene rings is 1. The second kappa shape index (κ2) is 6.31. The molecule has 0 amide bonds. The van der Waals surface area contributed by atoms with E-state index in [-0.39, 0.29) is 18.1 Å². The summed E-state index contributed by atoms with van der Waals surface area (Å²) in [5, 5.41) is 21.3. The van der Waals surface area contributed by atoms with Crippen LogP contribution in [0.3, 0.4) is 0 Å². The van der Waals surface area contributed by atoms with E-state index >= 15 is 0 Å². The number of phenolic OH excluding ortho intramolecular Hbond substituents is 1. The van der Waals surface area contributed by atoms with Gasteiger partial charge in [-0.15, -0.1) is 0 Å². The van der Waals surface area contributed by atoms with Crippen LogP contribution in [0.5, 0.6) is 5.75 Å². The van der Waals surface area contributed by atoms with E-state index in [4.69, 9.17) is 5.11 Å². The molecular formula is C11H11Br2NO4. The van der Waals surface area contributed by atoms with E-state index in [9.17, 15) is 14.7 Å². The van der Waals surface area contributed by atoms with E-state index in [1.165, 1.54) is 19.1 Å². The van der Waals surface area contributed by atoms with Crippen LogP contribution in [-0.2, 0) is 9.59 Å². The van der Waals surface area contributed by atoms with Gasteiger partial charge in [-0.25, -0.2) is 0 Å². The van der Waals surface area contributed by atoms with Crippen molar-refractivity contribution in [2.75, 3.05) is 6.54 Å². The van der Waals surface area contributed by atoms with E-state index in [0.29, 0.717) is 14.5 Å². The molecule has 1 aromatic carbocycles. The van der Waals surface area contributed by atoms with Crippen molar-refractivity contribution in [1.29, 1.82) is 0 Å². The maximum atomic E-state index is 11.2. The molecule has 1 atom stereocenters. The molecule has 3 N–H and O–H groups in total. The molecule has 0 aliphatic heterocycles. The summed E-state index contributed by atoms with van der Waals surface area (Å²) >= 11 is 6.25. The van der Waals surface area contributed by atoms with Gasteiger partial charge in [0.05, 0.1) is 15.5 Å². The number of carbonyl (C=O) groups is 2. The van der Waals surface area contributed by atoms with Gasteiger partial charge in [0.1, 0.15) is 17.6 Å². The number of rotatable bonds is 5. The minimum Gasteiger partial charge on any atom is -0.506 e. The van der Waals surface area contributed by atoms with Gasteiger partial charge in [0.25, 0.3) is 0 Å². The number of aromatic hydroxyl groups is 1. The lowest BCUT2D eigenvalue weighted by atomic mass is 10.1. The average Bonchev–Trinajstić information content (AvgIpc) is 2.25. The van der Waals surface area contributed by atoms with E-state index in [1.807, 2.05) is 0 Å². The molecule has 0 aromatic heterocycles. The first-order valence-electron chi connectivity index (χ1n) is 4.96. The largest absolute Gasteiger partial charge is 0.506 e. The maximum Gasteiger partial charge on any atom is 0.325 e. The Balaban J connectivity index is 3.06. The molecule has 0 fully saturated rings. The summed E-state index contributed by atoms with van der Waals surface area (Å²) < 4.78 is 0.755. The minimum atomic E-state index is -1.10. The molecule has 0 spiro atoms. The Bertz CT molecular complexity index is 467. The van der Waals surface area contributed by atoms with Crippen LogP contribution in [0.25, 0.3) is 0 Å². The summed E-state index contributed by atoms with van der Waals surface area (Å²) in [6.07, 6.45) is 0. The van der Waals surface area contributed by atoms with Crippen LogP contribution in [-0.4, -0.2) is 28.5 Å². The Morgan fingerprint density at radius 3 is 2.22 bits per heavy atom. The number of nitrogens with one attached hydrogen (secondary N) is 1. The van der Waals surface area contributed by atoms with Crippen molar-refractivity contribution in [2.45, 2.75) is 13.0 Å². The normalized spacial score (nSPS) is 12.2. The molecule has 5 nitrogen and oxygen atoms in total. The topological polar surface area (TPSA) is 86.6 Å². The number of hydrogen-bond donors (Lipinski definition) is 3. The van der Waals surface area contributed by atoms with E-state index in [2.05, 4.69) is 37.2 Å². The van der Waals surface area contributed by atoms with Crippen LogP contribution < -0.4 is 5.32 Å². The first-order valence-corrected chi connectivity index (χ1v) is 6.55. The van der Waals surface area contributed by atoms with Crippen LogP contribution in [0.2, 0.25) is 0 Å². The number of Topliss-reactive ketones (excluding diaryl/α,β-unsaturated/α-hetero) is 1. The number of halogens is 2. The second-order valence-corrected chi connectivity index (χ2v) is 5.40. The van der Waals surface area contributed by atoms with Crippen molar-refractivity contribution in [1.82, 2.24) is 5.32 Å². The third-order valence-electron chi connectivity index (χ3n) is 2.17. The molecular weight excluding hydrogens is 370 g/mol. The Morgan fingerprint density at radius 1 is 1.33 bits per heavy atom. The quantitative estimate of drug-likeness (QED) is 0.729. The van der Waals surface area contributed by atoms with Gasteiger partial charge in [-0.2, -0.15) is 0 Å². The molecule has 1 rings (SSSR count). The summed E-state index contributed by atoms with van der Waals surface area (Å²) in [6.45, 7) is 1.33. The van der Waals surface area contributed by atoms with Crippen molar-refractivity contribution in [3.05, 3.63) is 26.6 Å². The highest BCUT2D eigenvalue weighted by Gasteiger charge is 2.21. The molecule has 0 bridgehead atoms. The Kier molecular flexibility index (Phi) is 5.30. The zero-order valence-corrected chi connectivity index (χ0v) is 12.6. The van der Waals surface area contributed by atoms with Gasteiger partial charge in [-0.3, -0.25) is 14.9 Å². The lowest BCUT2D eigenvalue weighted by molar-refractivity contribution is -0.139. The number of phenols is 1. The fraction of sp³-hybridized carbons (Fsp3) is 0.273. The number of carboxylic acid groups (broad SMARTS) is 1. The highest BCUT2D eigenvalue weighted by atomic mass is 79.9. The van der Waals surface area contributed by atoms with Crippen molar-refractivity contribution < 1.29 is 19.8 Å². The molecule has 1 unspecified atom stereocenters. The van der Waals surface area contributed by atoms with E-state index in [1.54, 1.807) is 0 Å². The highest BCUT2D eigenvalue weighted by molar-refractivity contribution is 9.11. The SMILES string of the molecule is CC(=O)CNC(C(=O)O)c1cc(Br)c(O)c(Br)c1. The van der Waals surface area contributed by atoms with Crippen LogP contribution in [0.1, 0.15) is 18.5 Å². The summed E-state index contributed by atoms with van der Waals surface area (Å²) in [6, 6.07) is 1.97.